The van der Waals surface area contributed by atoms with Gasteiger partial charge in [0.2, 0.25) is 0 Å². The first-order valence-corrected chi connectivity index (χ1v) is 6.78. The molecule has 0 aliphatic rings. The summed E-state index contributed by atoms with van der Waals surface area (Å²) < 4.78 is 4.51. The number of aliphatic hydroxyl groups excluding tert-OH is 2. The normalized spacial score (nSPS) is 13.4. The molecule has 0 spiro atoms. The van der Waals surface area contributed by atoms with Crippen molar-refractivity contribution in [3.05, 3.63) is 42.5 Å². The van der Waals surface area contributed by atoms with Crippen LogP contribution in [-0.2, 0) is 14.3 Å². The Labute approximate surface area is 127 Å². The van der Waals surface area contributed by atoms with Gasteiger partial charge in [-0.25, -0.2) is 4.79 Å². The van der Waals surface area contributed by atoms with Crippen molar-refractivity contribution in [2.24, 2.45) is 0 Å². The number of anilines is 1. The lowest BCUT2D eigenvalue weighted by Crippen LogP contribution is -2.44. The Hall–Kier alpha value is -2.44. The fraction of sp³-hybridized carbons (Fsp3) is 0.250. The Bertz CT molecular complexity index is 680. The summed E-state index contributed by atoms with van der Waals surface area (Å²) >= 11 is 0. The molecule has 0 fully saturated rings. The molecule has 3 N–H and O–H groups in total. The average Bonchev–Trinajstić information content (AvgIpc) is 2.51. The molecule has 6 nitrogen and oxygen atoms in total. The standard InChI is InChI=1S/C16H17NO5/c1-10(19)22-16(21)15(14(20)9-18)17-13-8-4-6-11-5-2-3-7-12(11)13/h2-8,14-15,17-18,20H,9H2,1H3. The number of aliphatic hydroxyl groups is 2. The van der Waals surface area contributed by atoms with Crippen LogP contribution in [0.25, 0.3) is 10.8 Å². The van der Waals surface area contributed by atoms with E-state index >= 15 is 0 Å². The lowest BCUT2D eigenvalue weighted by molar-refractivity contribution is -0.160. The smallest absolute Gasteiger partial charge is 0.339 e. The number of hydrogen-bond donors (Lipinski definition) is 3. The molecule has 0 radical (unpaired) electrons. The molecule has 2 unspecified atom stereocenters. The summed E-state index contributed by atoms with van der Waals surface area (Å²) in [6.07, 6.45) is -1.40. The summed E-state index contributed by atoms with van der Waals surface area (Å²) in [5.41, 5.74) is 0.594. The maximum absolute atomic E-state index is 11.9. The molecule has 0 aromatic heterocycles. The van der Waals surface area contributed by atoms with Gasteiger partial charge in [-0.15, -0.1) is 0 Å². The number of ether oxygens (including phenoxy) is 1. The van der Waals surface area contributed by atoms with Gasteiger partial charge in [0.15, 0.2) is 6.04 Å². The third-order valence-electron chi connectivity index (χ3n) is 3.17. The third kappa shape index (κ3) is 3.60. The molecular weight excluding hydrogens is 286 g/mol. The number of esters is 2. The summed E-state index contributed by atoms with van der Waals surface area (Å²) in [6, 6.07) is 11.7. The van der Waals surface area contributed by atoms with Gasteiger partial charge in [0, 0.05) is 18.0 Å². The highest BCUT2D eigenvalue weighted by atomic mass is 16.6. The van der Waals surface area contributed by atoms with E-state index in [-0.39, 0.29) is 0 Å². The van der Waals surface area contributed by atoms with Crippen LogP contribution in [-0.4, -0.2) is 40.9 Å². The Morgan fingerprint density at radius 3 is 2.55 bits per heavy atom. The molecule has 0 aliphatic heterocycles. The Kier molecular flexibility index (Phi) is 5.08. The number of nitrogens with one attached hydrogen (secondary N) is 1. The van der Waals surface area contributed by atoms with E-state index in [1.54, 1.807) is 12.1 Å². The molecule has 6 heteroatoms. The van der Waals surface area contributed by atoms with Gasteiger partial charge in [-0.1, -0.05) is 36.4 Å². The van der Waals surface area contributed by atoms with E-state index in [4.69, 9.17) is 5.11 Å². The lowest BCUT2D eigenvalue weighted by atomic mass is 10.1. The number of carbonyl (C=O) groups is 2. The molecular formula is C16H17NO5. The van der Waals surface area contributed by atoms with Crippen LogP contribution in [0.15, 0.2) is 42.5 Å². The minimum atomic E-state index is -1.40. The Balaban J connectivity index is 2.33. The Morgan fingerprint density at radius 2 is 1.86 bits per heavy atom. The van der Waals surface area contributed by atoms with E-state index in [1.807, 2.05) is 30.3 Å². The van der Waals surface area contributed by atoms with Crippen molar-refractivity contribution in [1.29, 1.82) is 0 Å². The predicted octanol–water partition coefficient (Wildman–Crippen LogP) is 1.06. The molecule has 2 aromatic rings. The lowest BCUT2D eigenvalue weighted by Gasteiger charge is -2.22. The molecule has 0 aliphatic carbocycles. The van der Waals surface area contributed by atoms with Crippen LogP contribution in [0.2, 0.25) is 0 Å². The molecule has 0 bridgehead atoms. The Morgan fingerprint density at radius 1 is 1.18 bits per heavy atom. The highest BCUT2D eigenvalue weighted by Crippen LogP contribution is 2.24. The maximum atomic E-state index is 11.9. The first-order chi connectivity index (χ1) is 10.5. The number of rotatable bonds is 5. The molecule has 2 rings (SSSR count). The van der Waals surface area contributed by atoms with E-state index in [2.05, 4.69) is 10.1 Å². The largest absolute Gasteiger partial charge is 0.394 e. The highest BCUT2D eigenvalue weighted by Gasteiger charge is 2.29. The van der Waals surface area contributed by atoms with E-state index in [9.17, 15) is 14.7 Å². The van der Waals surface area contributed by atoms with Gasteiger partial charge in [0.1, 0.15) is 6.10 Å². The third-order valence-corrected chi connectivity index (χ3v) is 3.17. The van der Waals surface area contributed by atoms with Crippen LogP contribution in [0.4, 0.5) is 5.69 Å². The van der Waals surface area contributed by atoms with Gasteiger partial charge in [-0.2, -0.15) is 0 Å². The molecule has 0 heterocycles. The molecule has 116 valence electrons. The van der Waals surface area contributed by atoms with E-state index in [1.165, 1.54) is 0 Å². The molecule has 22 heavy (non-hydrogen) atoms. The molecule has 2 atom stereocenters. The summed E-state index contributed by atoms with van der Waals surface area (Å²) in [5, 5.41) is 23.5. The quantitative estimate of drug-likeness (QED) is 0.565. The summed E-state index contributed by atoms with van der Waals surface area (Å²) in [4.78, 5) is 22.8. The molecule has 0 saturated heterocycles. The van der Waals surface area contributed by atoms with Crippen molar-refractivity contribution in [3.63, 3.8) is 0 Å². The SMILES string of the molecule is CC(=O)OC(=O)C(Nc1cccc2ccccc12)C(O)CO. The van der Waals surface area contributed by atoms with E-state index < -0.39 is 30.7 Å². The number of fused-ring (bicyclic) bond motifs is 1. The van der Waals surface area contributed by atoms with Gasteiger partial charge < -0.3 is 20.3 Å². The fourth-order valence-corrected chi connectivity index (χ4v) is 2.14. The number of carbonyl (C=O) groups excluding carboxylic acids is 2. The van der Waals surface area contributed by atoms with Crippen LogP contribution in [0.3, 0.4) is 0 Å². The van der Waals surface area contributed by atoms with Crippen LogP contribution in [0, 0.1) is 0 Å². The van der Waals surface area contributed by atoms with Crippen LogP contribution in [0.5, 0.6) is 0 Å². The summed E-state index contributed by atoms with van der Waals surface area (Å²) in [7, 11) is 0. The first-order valence-electron chi connectivity index (χ1n) is 6.78. The fourth-order valence-electron chi connectivity index (χ4n) is 2.14. The average molecular weight is 303 g/mol. The summed E-state index contributed by atoms with van der Waals surface area (Å²) in [6.45, 7) is 0.452. The second kappa shape index (κ2) is 7.02. The number of benzene rings is 2. The molecule has 2 aromatic carbocycles. The topological polar surface area (TPSA) is 95.9 Å². The van der Waals surface area contributed by atoms with Crippen molar-refractivity contribution in [2.75, 3.05) is 11.9 Å². The van der Waals surface area contributed by atoms with Gasteiger partial charge in [-0.3, -0.25) is 4.79 Å². The zero-order chi connectivity index (χ0) is 16.1. The molecule has 0 saturated carbocycles. The predicted molar refractivity (Wildman–Crippen MR) is 81.2 cm³/mol. The van der Waals surface area contributed by atoms with Crippen molar-refractivity contribution in [3.8, 4) is 0 Å². The monoisotopic (exact) mass is 303 g/mol. The molecule has 0 amide bonds. The zero-order valence-electron chi connectivity index (χ0n) is 12.0. The zero-order valence-corrected chi connectivity index (χ0v) is 12.0. The van der Waals surface area contributed by atoms with Gasteiger partial charge in [0.25, 0.3) is 0 Å². The van der Waals surface area contributed by atoms with Crippen LogP contribution < -0.4 is 5.32 Å². The highest BCUT2D eigenvalue weighted by molar-refractivity contribution is 5.96. The van der Waals surface area contributed by atoms with Crippen molar-refractivity contribution in [1.82, 2.24) is 0 Å². The van der Waals surface area contributed by atoms with Crippen LogP contribution >= 0.6 is 0 Å². The van der Waals surface area contributed by atoms with Crippen LogP contribution in [0.1, 0.15) is 6.92 Å². The van der Waals surface area contributed by atoms with Crippen molar-refractivity contribution < 1.29 is 24.5 Å². The minimum absolute atomic E-state index is 0.594. The van der Waals surface area contributed by atoms with E-state index in [0.717, 1.165) is 17.7 Å². The first kappa shape index (κ1) is 15.9. The number of hydrogen-bond acceptors (Lipinski definition) is 6. The second-order valence-corrected chi connectivity index (χ2v) is 4.81. The van der Waals surface area contributed by atoms with Gasteiger partial charge in [0.05, 0.1) is 6.61 Å². The van der Waals surface area contributed by atoms with Crippen molar-refractivity contribution >= 4 is 28.4 Å². The maximum Gasteiger partial charge on any atom is 0.339 e. The van der Waals surface area contributed by atoms with Gasteiger partial charge >= 0.3 is 11.9 Å². The minimum Gasteiger partial charge on any atom is -0.394 e. The second-order valence-electron chi connectivity index (χ2n) is 4.81. The summed E-state index contributed by atoms with van der Waals surface area (Å²) in [5.74, 6) is -1.72. The van der Waals surface area contributed by atoms with Gasteiger partial charge in [-0.05, 0) is 11.5 Å². The van der Waals surface area contributed by atoms with E-state index in [0.29, 0.717) is 5.69 Å². The van der Waals surface area contributed by atoms with Crippen molar-refractivity contribution in [2.45, 2.75) is 19.1 Å².